The Morgan fingerprint density at radius 1 is 0.941 bits per heavy atom. The molecule has 0 bridgehead atoms. The highest BCUT2D eigenvalue weighted by Gasteiger charge is 2.33. The number of carbonyl (C=O) groups is 1. The van der Waals surface area contributed by atoms with Crippen LogP contribution in [0.3, 0.4) is 0 Å². The van der Waals surface area contributed by atoms with Gasteiger partial charge in [0.2, 0.25) is 0 Å². The second-order valence-electron chi connectivity index (χ2n) is 8.74. The minimum absolute atomic E-state index is 0.0923. The van der Waals surface area contributed by atoms with Crippen LogP contribution in [0.25, 0.3) is 11.0 Å². The number of furan rings is 1. The molecule has 1 aliphatic rings. The molecule has 0 unspecified atom stereocenters. The van der Waals surface area contributed by atoms with E-state index in [0.29, 0.717) is 16.2 Å². The lowest BCUT2D eigenvalue weighted by Crippen LogP contribution is -2.37. The van der Waals surface area contributed by atoms with E-state index in [1.54, 1.807) is 55.5 Å². The number of nitrogens with zero attached hydrogens (tertiary/aromatic N) is 1. The average molecular weight is 494 g/mol. The third-order valence-electron chi connectivity index (χ3n) is 6.30. The average Bonchev–Trinajstić information content (AvgIpc) is 3.17. The van der Waals surface area contributed by atoms with Gasteiger partial charge in [-0.25, -0.2) is 8.42 Å². The van der Waals surface area contributed by atoms with Gasteiger partial charge in [0.15, 0.2) is 0 Å². The summed E-state index contributed by atoms with van der Waals surface area (Å²) >= 11 is 6.00. The maximum atomic E-state index is 14.0. The van der Waals surface area contributed by atoms with Gasteiger partial charge in [-0.05, 0) is 87.2 Å². The molecule has 0 fully saturated rings. The highest BCUT2D eigenvalue weighted by atomic mass is 35.5. The summed E-state index contributed by atoms with van der Waals surface area (Å²) in [5.74, 6) is 0.305. The van der Waals surface area contributed by atoms with Crippen LogP contribution in [0.2, 0.25) is 5.02 Å². The van der Waals surface area contributed by atoms with Gasteiger partial charge in [-0.15, -0.1) is 0 Å². The van der Waals surface area contributed by atoms with Crippen molar-refractivity contribution < 1.29 is 17.6 Å². The Balaban J connectivity index is 1.71. The Bertz CT molecular complexity index is 1520. The summed E-state index contributed by atoms with van der Waals surface area (Å²) in [6.07, 6.45) is 3.87. The van der Waals surface area contributed by atoms with E-state index < -0.39 is 15.9 Å². The van der Waals surface area contributed by atoms with Gasteiger partial charge in [-0.1, -0.05) is 29.3 Å². The summed E-state index contributed by atoms with van der Waals surface area (Å²) in [5, 5.41) is 1.32. The lowest BCUT2D eigenvalue weighted by Gasteiger charge is -2.24. The molecule has 3 aromatic carbocycles. The number of halogens is 1. The van der Waals surface area contributed by atoms with Gasteiger partial charge in [0, 0.05) is 28.0 Å². The molecule has 1 amide bonds. The molecule has 0 saturated heterocycles. The van der Waals surface area contributed by atoms with Crippen molar-refractivity contribution in [3.05, 3.63) is 93.7 Å². The van der Waals surface area contributed by atoms with Gasteiger partial charge in [-0.2, -0.15) is 4.31 Å². The molecule has 5 nitrogen and oxygen atoms in total. The Labute approximate surface area is 204 Å². The second-order valence-corrected chi connectivity index (χ2v) is 10.9. The van der Waals surface area contributed by atoms with E-state index in [4.69, 9.17) is 16.0 Å². The topological polar surface area (TPSA) is 67.6 Å². The molecule has 0 N–H and O–H groups in total. The molecule has 4 aromatic rings. The smallest absolute Gasteiger partial charge is 0.272 e. The van der Waals surface area contributed by atoms with Crippen LogP contribution in [-0.2, 0) is 22.9 Å². The van der Waals surface area contributed by atoms with Crippen LogP contribution >= 0.6 is 11.6 Å². The number of carbonyl (C=O) groups excluding carboxylic acids is 1. The molecule has 174 valence electrons. The number of hydrogen-bond donors (Lipinski definition) is 0. The molecule has 1 heterocycles. The monoisotopic (exact) mass is 493 g/mol. The summed E-state index contributed by atoms with van der Waals surface area (Å²) in [4.78, 5) is 13.8. The SMILES string of the molecule is Cc1ccc(S(=O)(=O)N(C(=O)c2ccc(Cl)cc2)c2ccc3oc4c(c3c2)CCCC4)c(C)c1. The van der Waals surface area contributed by atoms with E-state index in [1.165, 1.54) is 12.1 Å². The van der Waals surface area contributed by atoms with Crippen LogP contribution in [0.5, 0.6) is 0 Å². The van der Waals surface area contributed by atoms with Gasteiger partial charge in [-0.3, -0.25) is 4.79 Å². The molecule has 0 atom stereocenters. The molecule has 1 aromatic heterocycles. The number of anilines is 1. The van der Waals surface area contributed by atoms with Crippen LogP contribution in [0.15, 0.2) is 70.0 Å². The van der Waals surface area contributed by atoms with Gasteiger partial charge >= 0.3 is 0 Å². The largest absolute Gasteiger partial charge is 0.461 e. The minimum Gasteiger partial charge on any atom is -0.461 e. The van der Waals surface area contributed by atoms with E-state index in [2.05, 4.69) is 0 Å². The summed E-state index contributed by atoms with van der Waals surface area (Å²) < 4.78 is 34.8. The zero-order chi connectivity index (χ0) is 24.0. The predicted octanol–water partition coefficient (Wildman–Crippen LogP) is 6.62. The van der Waals surface area contributed by atoms with Gasteiger partial charge in [0.25, 0.3) is 15.9 Å². The molecule has 0 aliphatic heterocycles. The fourth-order valence-corrected chi connectivity index (χ4v) is 6.38. The van der Waals surface area contributed by atoms with Crippen molar-refractivity contribution in [1.29, 1.82) is 0 Å². The molecular weight excluding hydrogens is 470 g/mol. The first-order valence-corrected chi connectivity index (χ1v) is 13.0. The zero-order valence-corrected chi connectivity index (χ0v) is 20.5. The maximum absolute atomic E-state index is 14.0. The van der Waals surface area contributed by atoms with E-state index >= 15 is 0 Å². The van der Waals surface area contributed by atoms with Crippen LogP contribution in [0.1, 0.15) is 45.7 Å². The summed E-state index contributed by atoms with van der Waals surface area (Å²) in [5.41, 5.74) is 3.84. The van der Waals surface area contributed by atoms with Crippen molar-refractivity contribution in [2.24, 2.45) is 0 Å². The lowest BCUT2D eigenvalue weighted by molar-refractivity contribution is 0.101. The standard InChI is InChI=1S/C27H24ClNO4S/c1-17-7-14-26(18(2)15-17)34(31,32)29(27(30)19-8-10-20(28)11-9-19)21-12-13-25-23(16-21)22-5-3-4-6-24(22)33-25/h7-16H,3-6H2,1-2H3. The van der Waals surface area contributed by atoms with E-state index in [1.807, 2.05) is 6.92 Å². The number of hydrogen-bond acceptors (Lipinski definition) is 4. The molecule has 7 heteroatoms. The van der Waals surface area contributed by atoms with Crippen molar-refractivity contribution in [1.82, 2.24) is 0 Å². The Hall–Kier alpha value is -3.09. The van der Waals surface area contributed by atoms with E-state index in [9.17, 15) is 13.2 Å². The Morgan fingerprint density at radius 3 is 2.41 bits per heavy atom. The molecule has 34 heavy (non-hydrogen) atoms. The number of amides is 1. The fourth-order valence-electron chi connectivity index (χ4n) is 4.64. The maximum Gasteiger partial charge on any atom is 0.272 e. The van der Waals surface area contributed by atoms with Crippen LogP contribution in [0.4, 0.5) is 5.69 Å². The van der Waals surface area contributed by atoms with Gasteiger partial charge < -0.3 is 4.42 Å². The highest BCUT2D eigenvalue weighted by Crippen LogP contribution is 2.36. The van der Waals surface area contributed by atoms with Crippen molar-refractivity contribution >= 4 is 44.2 Å². The third kappa shape index (κ3) is 3.91. The number of sulfonamides is 1. The Morgan fingerprint density at radius 2 is 1.68 bits per heavy atom. The first kappa shape index (κ1) is 22.7. The predicted molar refractivity (Wildman–Crippen MR) is 134 cm³/mol. The molecule has 5 rings (SSSR count). The highest BCUT2D eigenvalue weighted by molar-refractivity contribution is 7.93. The van der Waals surface area contributed by atoms with Crippen molar-refractivity contribution in [3.63, 3.8) is 0 Å². The van der Waals surface area contributed by atoms with Gasteiger partial charge in [0.05, 0.1) is 10.6 Å². The van der Waals surface area contributed by atoms with Crippen molar-refractivity contribution in [2.45, 2.75) is 44.4 Å². The molecule has 0 radical (unpaired) electrons. The number of rotatable bonds is 4. The number of fused-ring (bicyclic) bond motifs is 3. The minimum atomic E-state index is -4.21. The van der Waals surface area contributed by atoms with Gasteiger partial charge in [0.1, 0.15) is 11.3 Å². The number of benzene rings is 3. The summed E-state index contributed by atoms with van der Waals surface area (Å²) in [6, 6.07) is 16.5. The van der Waals surface area contributed by atoms with Crippen molar-refractivity contribution in [3.8, 4) is 0 Å². The summed E-state index contributed by atoms with van der Waals surface area (Å²) in [6.45, 7) is 3.64. The van der Waals surface area contributed by atoms with E-state index in [0.717, 1.165) is 52.3 Å². The fraction of sp³-hybridized carbons (Fsp3) is 0.222. The van der Waals surface area contributed by atoms with Crippen LogP contribution in [0, 0.1) is 13.8 Å². The molecule has 0 spiro atoms. The van der Waals surface area contributed by atoms with E-state index in [-0.39, 0.29) is 16.1 Å². The number of aryl methyl sites for hydroxylation is 4. The molecular formula is C27H24ClNO4S. The van der Waals surface area contributed by atoms with Crippen LogP contribution in [-0.4, -0.2) is 14.3 Å². The summed E-state index contributed by atoms with van der Waals surface area (Å²) in [7, 11) is -4.21. The zero-order valence-electron chi connectivity index (χ0n) is 19.0. The normalized spacial score (nSPS) is 13.6. The van der Waals surface area contributed by atoms with Crippen LogP contribution < -0.4 is 4.31 Å². The first-order valence-electron chi connectivity index (χ1n) is 11.2. The quantitative estimate of drug-likeness (QED) is 0.320. The molecule has 0 saturated carbocycles. The first-order chi connectivity index (χ1) is 16.3. The Kier molecular flexibility index (Phi) is 5.74. The lowest BCUT2D eigenvalue weighted by atomic mass is 9.96. The second kappa shape index (κ2) is 8.60. The van der Waals surface area contributed by atoms with Crippen molar-refractivity contribution in [2.75, 3.05) is 4.31 Å². The molecule has 1 aliphatic carbocycles. The third-order valence-corrected chi connectivity index (χ3v) is 8.42.